The van der Waals surface area contributed by atoms with Crippen LogP contribution in [0.25, 0.3) is 0 Å². The molecular weight excluding hydrogens is 248 g/mol. The molecule has 0 bridgehead atoms. The zero-order chi connectivity index (χ0) is 13.6. The summed E-state index contributed by atoms with van der Waals surface area (Å²) in [6, 6.07) is 11.0. The molecule has 2 rings (SSSR count). The summed E-state index contributed by atoms with van der Waals surface area (Å²) >= 11 is 0. The Kier molecular flexibility index (Phi) is 2.68. The maximum Gasteiger partial charge on any atom is 0.169 e. The molecule has 0 heterocycles. The molecule has 0 saturated heterocycles. The molecule has 0 spiro atoms. The predicted molar refractivity (Wildman–Crippen MR) is 66.2 cm³/mol. The van der Waals surface area contributed by atoms with Crippen molar-refractivity contribution < 1.29 is 8.42 Å². The van der Waals surface area contributed by atoms with Crippen molar-refractivity contribution in [3.63, 3.8) is 0 Å². The Bertz CT molecular complexity index is 648. The molecule has 2 atom stereocenters. The predicted octanol–water partition coefficient (Wildman–Crippen LogP) is 1.54. The average molecular weight is 260 g/mol. The third-order valence-electron chi connectivity index (χ3n) is 3.40. The Morgan fingerprint density at radius 3 is 2.00 bits per heavy atom. The molecule has 5 heteroatoms. The van der Waals surface area contributed by atoms with Gasteiger partial charge < -0.3 is 0 Å². The molecule has 1 aliphatic rings. The van der Waals surface area contributed by atoms with Gasteiger partial charge in [0.05, 0.1) is 12.1 Å². The van der Waals surface area contributed by atoms with E-state index in [9.17, 15) is 8.42 Å². The first kappa shape index (κ1) is 12.6. The van der Waals surface area contributed by atoms with Crippen LogP contribution in [0.4, 0.5) is 0 Å². The van der Waals surface area contributed by atoms with Gasteiger partial charge in [-0.1, -0.05) is 29.8 Å². The van der Waals surface area contributed by atoms with Crippen LogP contribution in [0, 0.1) is 35.0 Å². The van der Waals surface area contributed by atoms with Gasteiger partial charge in [-0.05, 0) is 12.5 Å². The molecule has 0 N–H and O–H groups in total. The first-order chi connectivity index (χ1) is 8.36. The van der Waals surface area contributed by atoms with E-state index in [2.05, 4.69) is 0 Å². The lowest BCUT2D eigenvalue weighted by Gasteiger charge is -2.00. The Balaban J connectivity index is 2.50. The van der Waals surface area contributed by atoms with Gasteiger partial charge in [-0.15, -0.1) is 0 Å². The summed E-state index contributed by atoms with van der Waals surface area (Å²) in [6.07, 6.45) is 1.08. The van der Waals surface area contributed by atoms with E-state index in [4.69, 9.17) is 10.5 Å². The summed E-state index contributed by atoms with van der Waals surface area (Å²) in [4.78, 5) is 0. The van der Waals surface area contributed by atoms with E-state index in [1.807, 2.05) is 31.2 Å². The summed E-state index contributed by atoms with van der Waals surface area (Å²) in [5.41, 5.74) is 0.358. The van der Waals surface area contributed by atoms with Gasteiger partial charge in [-0.3, -0.25) is 0 Å². The van der Waals surface area contributed by atoms with Crippen LogP contribution in [-0.4, -0.2) is 19.9 Å². The fourth-order valence-electron chi connectivity index (χ4n) is 2.44. The van der Waals surface area contributed by atoms with Crippen LogP contribution in [0.1, 0.15) is 17.0 Å². The minimum absolute atomic E-state index is 0.539. The van der Waals surface area contributed by atoms with E-state index in [1.54, 1.807) is 12.1 Å². The largest absolute Gasteiger partial charge is 0.229 e. The Labute approximate surface area is 106 Å². The molecule has 0 aliphatic heterocycles. The molecule has 92 valence electrons. The van der Waals surface area contributed by atoms with Crippen molar-refractivity contribution in [1.82, 2.24) is 0 Å². The summed E-state index contributed by atoms with van der Waals surface area (Å²) in [5.74, 6) is -0.539. The lowest BCUT2D eigenvalue weighted by Crippen LogP contribution is -2.11. The van der Waals surface area contributed by atoms with E-state index in [0.29, 0.717) is 0 Å². The number of benzene rings is 1. The SMILES string of the molecule is Cc1ccc([C@H]2[C@H](S(C)(=O)=O)C2(C#N)C#N)cc1. The van der Waals surface area contributed by atoms with Crippen LogP contribution in [-0.2, 0) is 9.84 Å². The smallest absolute Gasteiger partial charge is 0.169 e. The lowest BCUT2D eigenvalue weighted by molar-refractivity contribution is 0.597. The van der Waals surface area contributed by atoms with E-state index in [-0.39, 0.29) is 0 Å². The summed E-state index contributed by atoms with van der Waals surface area (Å²) in [7, 11) is -3.41. The third kappa shape index (κ3) is 1.68. The first-order valence-corrected chi connectivity index (χ1v) is 7.40. The van der Waals surface area contributed by atoms with Crippen LogP contribution in [0.5, 0.6) is 0 Å². The van der Waals surface area contributed by atoms with E-state index in [0.717, 1.165) is 17.4 Å². The maximum absolute atomic E-state index is 11.7. The molecule has 0 unspecified atom stereocenters. The second-order valence-electron chi connectivity index (χ2n) is 4.73. The van der Waals surface area contributed by atoms with Gasteiger partial charge in [0.15, 0.2) is 15.3 Å². The third-order valence-corrected chi connectivity index (χ3v) is 4.97. The molecule has 1 aliphatic carbocycles. The van der Waals surface area contributed by atoms with Crippen LogP contribution in [0.2, 0.25) is 0 Å². The molecule has 18 heavy (non-hydrogen) atoms. The normalized spacial score (nSPS) is 24.9. The minimum Gasteiger partial charge on any atom is -0.229 e. The number of hydrogen-bond donors (Lipinski definition) is 0. The van der Waals surface area contributed by atoms with Crippen LogP contribution >= 0.6 is 0 Å². The van der Waals surface area contributed by atoms with Gasteiger partial charge in [0.2, 0.25) is 0 Å². The average Bonchev–Trinajstić information content (AvgIpc) is 3.00. The highest BCUT2D eigenvalue weighted by Crippen LogP contribution is 2.62. The standard InChI is InChI=1S/C13H12N2O2S/c1-9-3-5-10(6-4-9)11-12(18(2,16)17)13(11,7-14)8-15/h3-6,11-12H,1-2H3/t11-,12-/m0/s1. The fraction of sp³-hybridized carbons (Fsp3) is 0.385. The minimum atomic E-state index is -3.41. The zero-order valence-corrected chi connectivity index (χ0v) is 10.9. The quantitative estimate of drug-likeness (QED) is 0.807. The van der Waals surface area contributed by atoms with E-state index >= 15 is 0 Å². The maximum atomic E-state index is 11.7. The Morgan fingerprint density at radius 2 is 1.67 bits per heavy atom. The monoisotopic (exact) mass is 260 g/mol. The lowest BCUT2D eigenvalue weighted by atomic mass is 10.0. The van der Waals surface area contributed by atoms with Gasteiger partial charge in [0, 0.05) is 12.2 Å². The van der Waals surface area contributed by atoms with Crippen molar-refractivity contribution in [1.29, 1.82) is 10.5 Å². The fourth-order valence-corrected chi connectivity index (χ4v) is 4.16. The molecule has 1 aromatic carbocycles. The Morgan fingerprint density at radius 1 is 1.17 bits per heavy atom. The number of rotatable bonds is 2. The van der Waals surface area contributed by atoms with E-state index < -0.39 is 26.4 Å². The molecule has 1 aromatic rings. The van der Waals surface area contributed by atoms with Crippen LogP contribution < -0.4 is 0 Å². The molecule has 4 nitrogen and oxygen atoms in total. The van der Waals surface area contributed by atoms with Gasteiger partial charge in [0.25, 0.3) is 0 Å². The molecule has 0 radical (unpaired) electrons. The topological polar surface area (TPSA) is 81.7 Å². The van der Waals surface area contributed by atoms with Crippen LogP contribution in [0.3, 0.4) is 0 Å². The first-order valence-electron chi connectivity index (χ1n) is 5.45. The van der Waals surface area contributed by atoms with Crippen molar-refractivity contribution in [3.05, 3.63) is 35.4 Å². The van der Waals surface area contributed by atoms with Crippen molar-refractivity contribution >= 4 is 9.84 Å². The van der Waals surface area contributed by atoms with Crippen molar-refractivity contribution in [2.45, 2.75) is 18.1 Å². The second-order valence-corrected chi connectivity index (χ2v) is 6.90. The highest BCUT2D eigenvalue weighted by molar-refractivity contribution is 7.91. The molecule has 0 aromatic heterocycles. The second kappa shape index (κ2) is 3.83. The van der Waals surface area contributed by atoms with Crippen molar-refractivity contribution in [2.24, 2.45) is 5.41 Å². The zero-order valence-electron chi connectivity index (χ0n) is 10.1. The number of hydrogen-bond acceptors (Lipinski definition) is 4. The molecule has 1 fully saturated rings. The van der Waals surface area contributed by atoms with Gasteiger partial charge in [-0.2, -0.15) is 10.5 Å². The summed E-state index contributed by atoms with van der Waals surface area (Å²) in [6.45, 7) is 1.92. The molecular formula is C13H12N2O2S. The summed E-state index contributed by atoms with van der Waals surface area (Å²) < 4.78 is 23.4. The number of nitriles is 2. The van der Waals surface area contributed by atoms with Gasteiger partial charge >= 0.3 is 0 Å². The number of sulfone groups is 1. The molecule has 1 saturated carbocycles. The van der Waals surface area contributed by atoms with Crippen LogP contribution in [0.15, 0.2) is 24.3 Å². The highest BCUT2D eigenvalue weighted by Gasteiger charge is 2.72. The number of nitrogens with zero attached hydrogens (tertiary/aromatic N) is 2. The van der Waals surface area contributed by atoms with E-state index in [1.165, 1.54) is 0 Å². The van der Waals surface area contributed by atoms with Gasteiger partial charge in [-0.25, -0.2) is 8.42 Å². The highest BCUT2D eigenvalue weighted by atomic mass is 32.2. The summed E-state index contributed by atoms with van der Waals surface area (Å²) in [5, 5.41) is 17.4. The molecule has 0 amide bonds. The van der Waals surface area contributed by atoms with Gasteiger partial charge in [0.1, 0.15) is 5.25 Å². The number of aryl methyl sites for hydroxylation is 1. The Hall–Kier alpha value is -1.85. The van der Waals surface area contributed by atoms with Crippen molar-refractivity contribution in [2.75, 3.05) is 6.26 Å². The van der Waals surface area contributed by atoms with Crippen molar-refractivity contribution in [3.8, 4) is 12.1 Å².